The average Bonchev–Trinajstić information content (AvgIpc) is 2.82. The van der Waals surface area contributed by atoms with Gasteiger partial charge in [-0.05, 0) is 5.56 Å². The Morgan fingerprint density at radius 2 is 2.06 bits per heavy atom. The summed E-state index contributed by atoms with van der Waals surface area (Å²) >= 11 is 0. The molecular weight excluding hydrogens is 206 g/mol. The molecule has 84 valence electrons. The quantitative estimate of drug-likeness (QED) is 0.480. The Hall–Kier alpha value is -1.97. The lowest BCUT2D eigenvalue weighted by atomic mass is 10.1. The zero-order valence-corrected chi connectivity index (χ0v) is 8.80. The van der Waals surface area contributed by atoms with Crippen LogP contribution in [0.25, 0.3) is 0 Å². The second-order valence-electron chi connectivity index (χ2n) is 3.52. The molecule has 0 aromatic heterocycles. The van der Waals surface area contributed by atoms with Gasteiger partial charge in [-0.1, -0.05) is 35.5 Å². The number of hydrogen-bond acceptors (Lipinski definition) is 4. The number of rotatable bonds is 4. The highest BCUT2D eigenvalue weighted by Crippen LogP contribution is 2.13. The molecule has 1 aromatic carbocycles. The van der Waals surface area contributed by atoms with E-state index < -0.39 is 0 Å². The van der Waals surface area contributed by atoms with Crippen LogP contribution in [0.1, 0.15) is 12.0 Å². The van der Waals surface area contributed by atoms with Crippen LogP contribution in [-0.4, -0.2) is 17.7 Å². The Morgan fingerprint density at radius 3 is 2.69 bits per heavy atom. The number of allylic oxidation sites excluding steroid dienone is 1. The number of hydrogen-bond donors (Lipinski definition) is 1. The second-order valence-corrected chi connectivity index (χ2v) is 3.52. The van der Waals surface area contributed by atoms with E-state index in [1.165, 1.54) is 0 Å². The van der Waals surface area contributed by atoms with Crippen molar-refractivity contribution < 1.29 is 14.7 Å². The molecule has 4 nitrogen and oxygen atoms in total. The van der Waals surface area contributed by atoms with Gasteiger partial charge in [-0.15, -0.1) is 0 Å². The van der Waals surface area contributed by atoms with Crippen molar-refractivity contribution in [1.29, 1.82) is 0 Å². The highest BCUT2D eigenvalue weighted by atomic mass is 16.7. The Labute approximate surface area is 93.8 Å². The molecule has 2 rings (SSSR count). The van der Waals surface area contributed by atoms with E-state index in [2.05, 4.69) is 5.16 Å². The fourth-order valence-electron chi connectivity index (χ4n) is 1.53. The van der Waals surface area contributed by atoms with Gasteiger partial charge in [0.05, 0.1) is 12.1 Å². The molecule has 0 saturated heterocycles. The molecule has 1 aliphatic heterocycles. The first-order chi connectivity index (χ1) is 7.88. The lowest BCUT2D eigenvalue weighted by molar-refractivity contribution is 0.0797. The molecule has 0 unspecified atom stereocenters. The van der Waals surface area contributed by atoms with Gasteiger partial charge >= 0.3 is 0 Å². The van der Waals surface area contributed by atoms with Gasteiger partial charge in [0, 0.05) is 6.42 Å². The number of ether oxygens (including phenoxy) is 2. The summed E-state index contributed by atoms with van der Waals surface area (Å²) in [6.45, 7) is 0.249. The summed E-state index contributed by atoms with van der Waals surface area (Å²) in [5.74, 6) is 0.698. The van der Waals surface area contributed by atoms with E-state index in [4.69, 9.17) is 14.7 Å². The molecule has 1 aliphatic rings. The Kier molecular flexibility index (Phi) is 3.43. The van der Waals surface area contributed by atoms with E-state index in [0.717, 1.165) is 5.56 Å². The average molecular weight is 219 g/mol. The Bertz CT molecular complexity index is 398. The Morgan fingerprint density at radius 1 is 1.25 bits per heavy atom. The van der Waals surface area contributed by atoms with E-state index in [1.54, 1.807) is 6.26 Å². The largest absolute Gasteiger partial charge is 0.462 e. The van der Waals surface area contributed by atoms with Crippen molar-refractivity contribution >= 4 is 5.71 Å². The van der Waals surface area contributed by atoms with Crippen molar-refractivity contribution in [2.24, 2.45) is 5.16 Å². The number of oxime groups is 1. The highest BCUT2D eigenvalue weighted by molar-refractivity contribution is 5.87. The third kappa shape index (κ3) is 2.76. The van der Waals surface area contributed by atoms with Crippen LogP contribution in [0.3, 0.4) is 0 Å². The summed E-state index contributed by atoms with van der Waals surface area (Å²) < 4.78 is 10.1. The predicted molar refractivity (Wildman–Crippen MR) is 59.1 cm³/mol. The molecule has 1 N–H and O–H groups in total. The van der Waals surface area contributed by atoms with Crippen LogP contribution in [0.4, 0.5) is 0 Å². The van der Waals surface area contributed by atoms with Crippen molar-refractivity contribution in [2.75, 3.05) is 6.79 Å². The summed E-state index contributed by atoms with van der Waals surface area (Å²) in [6, 6.07) is 9.85. The van der Waals surface area contributed by atoms with Crippen LogP contribution in [0, 0.1) is 0 Å². The molecule has 0 aliphatic carbocycles. The van der Waals surface area contributed by atoms with Crippen LogP contribution in [0.15, 0.2) is 47.5 Å². The normalized spacial score (nSPS) is 15.2. The number of nitrogens with zero attached hydrogens (tertiary/aromatic N) is 1. The van der Waals surface area contributed by atoms with Gasteiger partial charge in [0.1, 0.15) is 12.0 Å². The van der Waals surface area contributed by atoms with E-state index in [1.807, 2.05) is 30.3 Å². The van der Waals surface area contributed by atoms with Crippen molar-refractivity contribution in [1.82, 2.24) is 0 Å². The first-order valence-corrected chi connectivity index (χ1v) is 5.05. The van der Waals surface area contributed by atoms with Crippen LogP contribution < -0.4 is 0 Å². The third-order valence-electron chi connectivity index (χ3n) is 2.30. The summed E-state index contributed by atoms with van der Waals surface area (Å²) in [6.07, 6.45) is 2.64. The minimum Gasteiger partial charge on any atom is -0.462 e. The zero-order chi connectivity index (χ0) is 11.2. The van der Waals surface area contributed by atoms with Gasteiger partial charge in [-0.3, -0.25) is 0 Å². The second kappa shape index (κ2) is 5.21. The summed E-state index contributed by atoms with van der Waals surface area (Å²) in [4.78, 5) is 0. The fraction of sp³-hybridized carbons (Fsp3) is 0.250. The van der Waals surface area contributed by atoms with Crippen LogP contribution in [-0.2, 0) is 15.9 Å². The third-order valence-corrected chi connectivity index (χ3v) is 2.30. The smallest absolute Gasteiger partial charge is 0.229 e. The molecule has 0 amide bonds. The van der Waals surface area contributed by atoms with Crippen molar-refractivity contribution in [3.8, 4) is 0 Å². The molecule has 0 saturated carbocycles. The van der Waals surface area contributed by atoms with Gasteiger partial charge in [-0.2, -0.15) is 0 Å². The monoisotopic (exact) mass is 219 g/mol. The predicted octanol–water partition coefficient (Wildman–Crippen LogP) is 2.30. The molecular formula is C12H13NO3. The molecule has 1 aromatic rings. The molecule has 0 atom stereocenters. The highest BCUT2D eigenvalue weighted by Gasteiger charge is 2.11. The SMILES string of the molecule is ON=C(CC1=COCO1)Cc1ccccc1. The van der Waals surface area contributed by atoms with E-state index >= 15 is 0 Å². The maximum atomic E-state index is 8.91. The van der Waals surface area contributed by atoms with Gasteiger partial charge in [-0.25, -0.2) is 0 Å². The minimum absolute atomic E-state index is 0.249. The zero-order valence-electron chi connectivity index (χ0n) is 8.80. The van der Waals surface area contributed by atoms with Gasteiger partial charge in [0.15, 0.2) is 0 Å². The van der Waals surface area contributed by atoms with Crippen LogP contribution in [0.5, 0.6) is 0 Å². The maximum absolute atomic E-state index is 8.91. The lowest BCUT2D eigenvalue weighted by Gasteiger charge is -2.04. The van der Waals surface area contributed by atoms with E-state index in [9.17, 15) is 0 Å². The van der Waals surface area contributed by atoms with Crippen molar-refractivity contribution in [2.45, 2.75) is 12.8 Å². The maximum Gasteiger partial charge on any atom is 0.229 e. The van der Waals surface area contributed by atoms with Gasteiger partial charge in [0.25, 0.3) is 0 Å². The molecule has 0 fully saturated rings. The summed E-state index contributed by atoms with van der Waals surface area (Å²) in [7, 11) is 0. The van der Waals surface area contributed by atoms with Gasteiger partial charge < -0.3 is 14.7 Å². The van der Waals surface area contributed by atoms with E-state index in [0.29, 0.717) is 24.3 Å². The fourth-order valence-corrected chi connectivity index (χ4v) is 1.53. The number of benzene rings is 1. The summed E-state index contributed by atoms with van der Waals surface area (Å²) in [5, 5.41) is 12.2. The lowest BCUT2D eigenvalue weighted by Crippen LogP contribution is -2.05. The minimum atomic E-state index is 0.249. The first kappa shape index (κ1) is 10.5. The standard InChI is InChI=1S/C12H13NO3/c14-13-11(7-12-8-15-9-16-12)6-10-4-2-1-3-5-10/h1-5,8,14H,6-7,9H2. The first-order valence-electron chi connectivity index (χ1n) is 5.05. The Balaban J connectivity index is 1.96. The molecule has 0 bridgehead atoms. The molecule has 0 spiro atoms. The van der Waals surface area contributed by atoms with Crippen LogP contribution >= 0.6 is 0 Å². The topological polar surface area (TPSA) is 51.1 Å². The molecule has 0 radical (unpaired) electrons. The summed E-state index contributed by atoms with van der Waals surface area (Å²) in [5.41, 5.74) is 1.76. The van der Waals surface area contributed by atoms with E-state index in [-0.39, 0.29) is 6.79 Å². The van der Waals surface area contributed by atoms with Crippen molar-refractivity contribution in [3.05, 3.63) is 47.9 Å². The van der Waals surface area contributed by atoms with Crippen molar-refractivity contribution in [3.63, 3.8) is 0 Å². The van der Waals surface area contributed by atoms with Crippen LogP contribution in [0.2, 0.25) is 0 Å². The molecule has 1 heterocycles. The molecule has 16 heavy (non-hydrogen) atoms. The van der Waals surface area contributed by atoms with Gasteiger partial charge in [0.2, 0.25) is 6.79 Å². The molecule has 4 heteroatoms.